The molecule has 1 aromatic carbocycles. The minimum absolute atomic E-state index is 0.128. The lowest BCUT2D eigenvalue weighted by Gasteiger charge is -2.26. The monoisotopic (exact) mass is 527 g/mol. The van der Waals surface area contributed by atoms with Crippen LogP contribution in [0.5, 0.6) is 0 Å². The molecule has 0 spiro atoms. The van der Waals surface area contributed by atoms with Crippen LogP contribution in [0.1, 0.15) is 51.3 Å². The molecule has 8 nitrogen and oxygen atoms in total. The van der Waals surface area contributed by atoms with Crippen LogP contribution in [0.2, 0.25) is 0 Å². The number of hydrogen-bond acceptors (Lipinski definition) is 6. The first kappa shape index (κ1) is 27.0. The molecule has 1 aliphatic rings. The van der Waals surface area contributed by atoms with Crippen molar-refractivity contribution >= 4 is 23.2 Å². The molecule has 2 aromatic heterocycles. The number of ether oxygens (including phenoxy) is 1. The molecule has 0 aliphatic carbocycles. The number of carbonyl (C=O) groups is 2. The molecule has 0 radical (unpaired) electrons. The van der Waals surface area contributed by atoms with Gasteiger partial charge in [0.1, 0.15) is 16.5 Å². The Morgan fingerprint density at radius 2 is 1.97 bits per heavy atom. The molecular formula is C27H34FN5O3S. The van der Waals surface area contributed by atoms with Gasteiger partial charge in [0.15, 0.2) is 0 Å². The maximum absolute atomic E-state index is 13.3. The number of benzene rings is 1. The second-order valence-corrected chi connectivity index (χ2v) is 9.99. The minimum Gasteiger partial charge on any atom is -0.379 e. The number of carbonyl (C=O) groups excluding carboxylic acids is 2. The largest absolute Gasteiger partial charge is 0.379 e. The molecule has 1 aliphatic heterocycles. The number of thiazole rings is 1. The van der Waals surface area contributed by atoms with Gasteiger partial charge in [0.2, 0.25) is 0 Å². The first-order valence-electron chi connectivity index (χ1n) is 12.7. The second kappa shape index (κ2) is 13.5. The van der Waals surface area contributed by atoms with E-state index in [4.69, 9.17) is 4.74 Å². The Morgan fingerprint density at radius 1 is 1.19 bits per heavy atom. The van der Waals surface area contributed by atoms with Crippen molar-refractivity contribution in [1.82, 2.24) is 24.7 Å². The van der Waals surface area contributed by atoms with Crippen molar-refractivity contribution in [2.24, 2.45) is 0 Å². The SMILES string of the molecule is CCCN(Cc1cccn1Cc1nc(C(=O)NCCCN2CCOCC2)cs1)C(=O)c1ccc(F)cc1. The van der Waals surface area contributed by atoms with Gasteiger partial charge < -0.3 is 19.5 Å². The summed E-state index contributed by atoms with van der Waals surface area (Å²) in [6, 6.07) is 9.57. The van der Waals surface area contributed by atoms with Gasteiger partial charge in [-0.05, 0) is 55.8 Å². The molecule has 2 amide bonds. The third kappa shape index (κ3) is 7.70. The lowest BCUT2D eigenvalue weighted by atomic mass is 10.2. The predicted molar refractivity (Wildman–Crippen MR) is 141 cm³/mol. The quantitative estimate of drug-likeness (QED) is 0.364. The van der Waals surface area contributed by atoms with Crippen LogP contribution in [0.25, 0.3) is 0 Å². The van der Waals surface area contributed by atoms with E-state index in [-0.39, 0.29) is 17.6 Å². The van der Waals surface area contributed by atoms with Gasteiger partial charge >= 0.3 is 0 Å². The van der Waals surface area contributed by atoms with Gasteiger partial charge in [-0.1, -0.05) is 6.92 Å². The molecule has 1 fully saturated rings. The van der Waals surface area contributed by atoms with Crippen LogP contribution in [0, 0.1) is 5.82 Å². The fourth-order valence-electron chi connectivity index (χ4n) is 4.29. The number of halogens is 1. The van der Waals surface area contributed by atoms with Crippen LogP contribution < -0.4 is 5.32 Å². The number of aromatic nitrogens is 2. The Balaban J connectivity index is 1.31. The summed E-state index contributed by atoms with van der Waals surface area (Å²) in [5.74, 6) is -0.649. The van der Waals surface area contributed by atoms with Gasteiger partial charge in [-0.15, -0.1) is 11.3 Å². The number of rotatable bonds is 12. The van der Waals surface area contributed by atoms with E-state index >= 15 is 0 Å². The first-order chi connectivity index (χ1) is 18.0. The van der Waals surface area contributed by atoms with Gasteiger partial charge in [0.05, 0.1) is 26.3 Å². The van der Waals surface area contributed by atoms with E-state index in [9.17, 15) is 14.0 Å². The smallest absolute Gasteiger partial charge is 0.270 e. The highest BCUT2D eigenvalue weighted by Crippen LogP contribution is 2.17. The summed E-state index contributed by atoms with van der Waals surface area (Å²) >= 11 is 1.45. The van der Waals surface area contributed by atoms with Crippen LogP contribution in [0.15, 0.2) is 48.0 Å². The van der Waals surface area contributed by atoms with Crippen LogP contribution in [0.3, 0.4) is 0 Å². The van der Waals surface area contributed by atoms with Crippen molar-refractivity contribution in [2.75, 3.05) is 45.9 Å². The molecule has 0 unspecified atom stereocenters. The van der Waals surface area contributed by atoms with Gasteiger partial charge in [-0.2, -0.15) is 0 Å². The highest BCUT2D eigenvalue weighted by molar-refractivity contribution is 7.09. The second-order valence-electron chi connectivity index (χ2n) is 9.05. The Hall–Kier alpha value is -3.08. The van der Waals surface area contributed by atoms with Gasteiger partial charge in [0.25, 0.3) is 11.8 Å². The van der Waals surface area contributed by atoms with Crippen molar-refractivity contribution in [2.45, 2.75) is 32.9 Å². The Bertz CT molecular complexity index is 1160. The lowest BCUT2D eigenvalue weighted by Crippen LogP contribution is -2.38. The van der Waals surface area contributed by atoms with E-state index in [0.29, 0.717) is 37.4 Å². The van der Waals surface area contributed by atoms with Gasteiger partial charge in [0, 0.05) is 49.0 Å². The molecule has 0 bridgehead atoms. The zero-order chi connectivity index (χ0) is 26.0. The minimum atomic E-state index is -0.364. The summed E-state index contributed by atoms with van der Waals surface area (Å²) in [5, 5.41) is 5.58. The van der Waals surface area contributed by atoms with E-state index < -0.39 is 0 Å². The molecule has 3 heterocycles. The normalized spacial score (nSPS) is 14.0. The molecular weight excluding hydrogens is 493 g/mol. The van der Waals surface area contributed by atoms with E-state index in [1.807, 2.05) is 29.8 Å². The van der Waals surface area contributed by atoms with Gasteiger partial charge in [-0.25, -0.2) is 9.37 Å². The van der Waals surface area contributed by atoms with Crippen molar-refractivity contribution < 1.29 is 18.7 Å². The highest BCUT2D eigenvalue weighted by atomic mass is 32.1. The van der Waals surface area contributed by atoms with E-state index in [0.717, 1.165) is 56.4 Å². The van der Waals surface area contributed by atoms with Crippen molar-refractivity contribution in [1.29, 1.82) is 0 Å². The maximum atomic E-state index is 13.3. The third-order valence-electron chi connectivity index (χ3n) is 6.28. The number of nitrogens with zero attached hydrogens (tertiary/aromatic N) is 4. The predicted octanol–water partition coefficient (Wildman–Crippen LogP) is 3.64. The first-order valence-corrected chi connectivity index (χ1v) is 13.6. The summed E-state index contributed by atoms with van der Waals surface area (Å²) in [6.07, 6.45) is 3.65. The number of amides is 2. The van der Waals surface area contributed by atoms with E-state index in [1.165, 1.54) is 35.6 Å². The molecule has 0 saturated carbocycles. The van der Waals surface area contributed by atoms with Crippen molar-refractivity contribution in [3.05, 3.63) is 75.8 Å². The number of hydrogen-bond donors (Lipinski definition) is 1. The molecule has 3 aromatic rings. The van der Waals surface area contributed by atoms with Crippen LogP contribution >= 0.6 is 11.3 Å². The Kier molecular flexibility index (Phi) is 9.81. The molecule has 10 heteroatoms. The topological polar surface area (TPSA) is 79.7 Å². The Morgan fingerprint density at radius 3 is 2.73 bits per heavy atom. The average Bonchev–Trinajstić information content (AvgIpc) is 3.57. The summed E-state index contributed by atoms with van der Waals surface area (Å²) in [6.45, 7) is 8.56. The summed E-state index contributed by atoms with van der Waals surface area (Å²) < 4.78 is 20.7. The summed E-state index contributed by atoms with van der Waals surface area (Å²) in [4.78, 5) is 34.3. The third-order valence-corrected chi connectivity index (χ3v) is 7.11. The molecule has 4 rings (SSSR count). The van der Waals surface area contributed by atoms with Crippen LogP contribution in [-0.4, -0.2) is 77.1 Å². The van der Waals surface area contributed by atoms with Crippen molar-refractivity contribution in [3.63, 3.8) is 0 Å². The van der Waals surface area contributed by atoms with Gasteiger partial charge in [-0.3, -0.25) is 14.5 Å². The zero-order valence-corrected chi connectivity index (χ0v) is 22.0. The molecule has 1 saturated heterocycles. The lowest BCUT2D eigenvalue weighted by molar-refractivity contribution is 0.0374. The Labute approximate surface area is 221 Å². The fourth-order valence-corrected chi connectivity index (χ4v) is 5.07. The van der Waals surface area contributed by atoms with Crippen LogP contribution in [0.4, 0.5) is 4.39 Å². The standard InChI is InChI=1S/C27H34FN5O3S/c1-2-11-33(27(35)21-6-8-22(28)9-7-21)18-23-5-3-13-32(23)19-25-30-24(20-37-25)26(34)29-10-4-12-31-14-16-36-17-15-31/h3,5-9,13,20H,2,4,10-12,14-19H2,1H3,(H,29,34). The van der Waals surface area contributed by atoms with E-state index in [1.54, 1.807) is 10.3 Å². The average molecular weight is 528 g/mol. The highest BCUT2D eigenvalue weighted by Gasteiger charge is 2.18. The van der Waals surface area contributed by atoms with Crippen molar-refractivity contribution in [3.8, 4) is 0 Å². The maximum Gasteiger partial charge on any atom is 0.270 e. The number of morpholine rings is 1. The molecule has 37 heavy (non-hydrogen) atoms. The summed E-state index contributed by atoms with van der Waals surface area (Å²) in [7, 11) is 0. The molecule has 1 N–H and O–H groups in total. The zero-order valence-electron chi connectivity index (χ0n) is 21.2. The molecule has 198 valence electrons. The number of nitrogens with one attached hydrogen (secondary N) is 1. The van der Waals surface area contributed by atoms with E-state index in [2.05, 4.69) is 15.2 Å². The van der Waals surface area contributed by atoms with Crippen LogP contribution in [-0.2, 0) is 17.8 Å². The molecule has 0 atom stereocenters. The summed E-state index contributed by atoms with van der Waals surface area (Å²) in [5.41, 5.74) is 1.86. The fraction of sp³-hybridized carbons (Fsp3) is 0.444.